The van der Waals surface area contributed by atoms with Crippen LogP contribution in [-0.4, -0.2) is 33.0 Å². The number of thiophene rings is 1. The molecule has 6 nitrogen and oxygen atoms in total. The molecule has 2 aromatic carbocycles. The maximum Gasteiger partial charge on any atom is 0.237 e. The average Bonchev–Trinajstić information content (AvgIpc) is 3.49. The first-order valence-corrected chi connectivity index (χ1v) is 12.0. The van der Waals surface area contributed by atoms with E-state index in [1.54, 1.807) is 16.2 Å². The van der Waals surface area contributed by atoms with Crippen molar-refractivity contribution in [1.29, 1.82) is 5.26 Å². The van der Waals surface area contributed by atoms with Crippen molar-refractivity contribution in [2.75, 3.05) is 17.2 Å². The lowest BCUT2D eigenvalue weighted by atomic mass is 10.2. The van der Waals surface area contributed by atoms with Crippen molar-refractivity contribution in [2.24, 2.45) is 0 Å². The van der Waals surface area contributed by atoms with E-state index in [9.17, 15) is 4.79 Å². The van der Waals surface area contributed by atoms with Gasteiger partial charge in [0, 0.05) is 12.2 Å². The van der Waals surface area contributed by atoms with E-state index in [4.69, 9.17) is 5.26 Å². The second kappa shape index (κ2) is 10.8. The number of benzene rings is 2. The number of hydrogen-bond donors (Lipinski definition) is 0. The second-order valence-electron chi connectivity index (χ2n) is 6.93. The highest BCUT2D eigenvalue weighted by atomic mass is 32.2. The van der Waals surface area contributed by atoms with Crippen LogP contribution in [0.15, 0.2) is 83.3 Å². The van der Waals surface area contributed by atoms with Crippen LogP contribution < -0.4 is 4.90 Å². The van der Waals surface area contributed by atoms with Gasteiger partial charge in [0.2, 0.25) is 5.91 Å². The molecule has 0 aliphatic heterocycles. The molecule has 0 aliphatic carbocycles. The van der Waals surface area contributed by atoms with Gasteiger partial charge >= 0.3 is 0 Å². The fourth-order valence-electron chi connectivity index (χ4n) is 3.26. The molecule has 1 amide bonds. The number of carbonyl (C=O) groups is 1. The summed E-state index contributed by atoms with van der Waals surface area (Å²) in [6, 6.07) is 25.7. The normalized spacial score (nSPS) is 10.6. The van der Waals surface area contributed by atoms with Gasteiger partial charge in [0.25, 0.3) is 0 Å². The lowest BCUT2D eigenvalue weighted by Crippen LogP contribution is -2.33. The predicted octanol–water partition coefficient (Wildman–Crippen LogP) is 5.09. The number of thioether (sulfide) groups is 1. The zero-order valence-electron chi connectivity index (χ0n) is 17.3. The Hall–Kier alpha value is -3.41. The maximum absolute atomic E-state index is 13.1. The van der Waals surface area contributed by atoms with Gasteiger partial charge in [0.1, 0.15) is 0 Å². The lowest BCUT2D eigenvalue weighted by molar-refractivity contribution is -0.116. The average molecular weight is 460 g/mol. The highest BCUT2D eigenvalue weighted by Gasteiger charge is 2.20. The van der Waals surface area contributed by atoms with E-state index in [-0.39, 0.29) is 18.1 Å². The minimum Gasteiger partial charge on any atom is -0.311 e. The van der Waals surface area contributed by atoms with Crippen molar-refractivity contribution in [3.8, 4) is 16.8 Å². The van der Waals surface area contributed by atoms with Gasteiger partial charge in [-0.25, -0.2) is 0 Å². The summed E-state index contributed by atoms with van der Waals surface area (Å²) in [7, 11) is 0. The molecule has 160 valence electrons. The molecule has 0 fully saturated rings. The molecule has 0 atom stereocenters. The molecule has 2 heterocycles. The van der Waals surface area contributed by atoms with Gasteiger partial charge in [-0.3, -0.25) is 9.36 Å². The Balaban J connectivity index is 1.55. The molecule has 0 saturated carbocycles. The van der Waals surface area contributed by atoms with Crippen LogP contribution in [0.25, 0.3) is 10.7 Å². The van der Waals surface area contributed by atoms with E-state index in [2.05, 4.69) is 33.0 Å². The van der Waals surface area contributed by atoms with Crippen LogP contribution in [0.4, 0.5) is 5.69 Å². The molecule has 0 radical (unpaired) electrons. The van der Waals surface area contributed by atoms with Gasteiger partial charge in [-0.15, -0.1) is 21.5 Å². The molecule has 0 aliphatic rings. The number of carbonyl (C=O) groups excluding carboxylic acids is 1. The van der Waals surface area contributed by atoms with Crippen LogP contribution in [-0.2, 0) is 11.3 Å². The van der Waals surface area contributed by atoms with Crippen molar-refractivity contribution in [1.82, 2.24) is 14.8 Å². The van der Waals surface area contributed by atoms with Crippen LogP contribution in [0.3, 0.4) is 0 Å². The molecular weight excluding hydrogens is 438 g/mol. The molecule has 32 heavy (non-hydrogen) atoms. The first-order valence-electron chi connectivity index (χ1n) is 10.1. The summed E-state index contributed by atoms with van der Waals surface area (Å²) in [5.74, 6) is 0.934. The highest BCUT2D eigenvalue weighted by molar-refractivity contribution is 7.99. The minimum absolute atomic E-state index is 0.0663. The molecule has 4 rings (SSSR count). The summed E-state index contributed by atoms with van der Waals surface area (Å²) in [5, 5.41) is 20.5. The first kappa shape index (κ1) is 21.8. The largest absolute Gasteiger partial charge is 0.311 e. The zero-order chi connectivity index (χ0) is 22.2. The molecule has 0 bridgehead atoms. The van der Waals surface area contributed by atoms with Gasteiger partial charge < -0.3 is 4.90 Å². The Morgan fingerprint density at radius 2 is 1.78 bits per heavy atom. The number of nitriles is 1. The van der Waals surface area contributed by atoms with Crippen LogP contribution >= 0.6 is 23.1 Å². The molecule has 0 N–H and O–H groups in total. The molecule has 0 unspecified atom stereocenters. The van der Waals surface area contributed by atoms with Gasteiger partial charge in [-0.2, -0.15) is 5.26 Å². The van der Waals surface area contributed by atoms with Crippen molar-refractivity contribution in [3.05, 3.63) is 83.7 Å². The van der Waals surface area contributed by atoms with Crippen molar-refractivity contribution < 1.29 is 4.79 Å². The van der Waals surface area contributed by atoms with E-state index < -0.39 is 0 Å². The number of para-hydroxylation sites is 1. The summed E-state index contributed by atoms with van der Waals surface area (Å²) < 4.78 is 2.06. The number of aromatic nitrogens is 3. The Morgan fingerprint density at radius 1 is 1.03 bits per heavy atom. The number of hydrogen-bond acceptors (Lipinski definition) is 6. The Morgan fingerprint density at radius 3 is 2.47 bits per heavy atom. The van der Waals surface area contributed by atoms with E-state index in [0.717, 1.165) is 22.0 Å². The number of anilines is 1. The third-order valence-corrected chi connectivity index (χ3v) is 6.60. The van der Waals surface area contributed by atoms with Crippen LogP contribution in [0.1, 0.15) is 12.0 Å². The molecule has 2 aromatic heterocycles. The smallest absolute Gasteiger partial charge is 0.237 e. The fourth-order valence-corrected chi connectivity index (χ4v) is 4.79. The first-order chi connectivity index (χ1) is 15.8. The number of nitrogens with zero attached hydrogens (tertiary/aromatic N) is 5. The molecule has 4 aromatic rings. The van der Waals surface area contributed by atoms with E-state index in [0.29, 0.717) is 18.2 Å². The van der Waals surface area contributed by atoms with Gasteiger partial charge in [-0.05, 0) is 29.1 Å². The molecular formula is C24H21N5OS2. The monoisotopic (exact) mass is 459 g/mol. The van der Waals surface area contributed by atoms with Crippen LogP contribution in [0, 0.1) is 11.3 Å². The summed E-state index contributed by atoms with van der Waals surface area (Å²) in [4.78, 5) is 15.8. The Labute approximate surface area is 195 Å². The summed E-state index contributed by atoms with van der Waals surface area (Å²) in [6.45, 7) is 0.978. The number of amides is 1. The summed E-state index contributed by atoms with van der Waals surface area (Å²) in [5.41, 5.74) is 1.93. The predicted molar refractivity (Wildman–Crippen MR) is 129 cm³/mol. The fraction of sp³-hybridized carbons (Fsp3) is 0.167. The van der Waals surface area contributed by atoms with E-state index in [1.165, 1.54) is 11.8 Å². The quantitative estimate of drug-likeness (QED) is 0.326. The standard InChI is InChI=1S/C24H21N5OS2/c25-14-8-15-28(20-11-5-2-6-12-20)22(30)18-32-24-27-26-23(21-13-7-16-31-21)29(24)17-19-9-3-1-4-10-19/h1-7,9-13,16H,8,15,17-18H2. The van der Waals surface area contributed by atoms with E-state index in [1.807, 2.05) is 66.0 Å². The van der Waals surface area contributed by atoms with E-state index >= 15 is 0 Å². The lowest BCUT2D eigenvalue weighted by Gasteiger charge is -2.21. The van der Waals surface area contributed by atoms with Crippen molar-refractivity contribution in [3.63, 3.8) is 0 Å². The van der Waals surface area contributed by atoms with Gasteiger partial charge in [0.05, 0.1) is 29.7 Å². The van der Waals surface area contributed by atoms with Gasteiger partial charge in [-0.1, -0.05) is 66.4 Å². The minimum atomic E-state index is -0.0663. The van der Waals surface area contributed by atoms with Crippen molar-refractivity contribution >= 4 is 34.7 Å². The topological polar surface area (TPSA) is 74.8 Å². The molecule has 0 spiro atoms. The maximum atomic E-state index is 13.1. The SMILES string of the molecule is N#CCCN(C(=O)CSc1nnc(-c2cccs2)n1Cc1ccccc1)c1ccccc1. The summed E-state index contributed by atoms with van der Waals surface area (Å²) >= 11 is 2.98. The molecule has 8 heteroatoms. The second-order valence-corrected chi connectivity index (χ2v) is 8.82. The third kappa shape index (κ3) is 5.25. The van der Waals surface area contributed by atoms with Crippen LogP contribution in [0.5, 0.6) is 0 Å². The van der Waals surface area contributed by atoms with Gasteiger partial charge in [0.15, 0.2) is 11.0 Å². The Bertz CT molecular complexity index is 1180. The number of rotatable bonds is 9. The Kier molecular flexibility index (Phi) is 7.33. The third-order valence-electron chi connectivity index (χ3n) is 4.78. The zero-order valence-corrected chi connectivity index (χ0v) is 18.9. The molecule has 0 saturated heterocycles. The van der Waals surface area contributed by atoms with Crippen LogP contribution in [0.2, 0.25) is 0 Å². The summed E-state index contributed by atoms with van der Waals surface area (Å²) in [6.07, 6.45) is 0.276. The van der Waals surface area contributed by atoms with Crippen molar-refractivity contribution in [2.45, 2.75) is 18.1 Å². The highest BCUT2D eigenvalue weighted by Crippen LogP contribution is 2.28.